The minimum Gasteiger partial charge on any atom is -0.429 e. The summed E-state index contributed by atoms with van der Waals surface area (Å²) in [4.78, 5) is 12.3. The van der Waals surface area contributed by atoms with Crippen LogP contribution in [0.15, 0.2) is 11.1 Å². The van der Waals surface area contributed by atoms with Crippen LogP contribution in [0.2, 0.25) is 0 Å². The summed E-state index contributed by atoms with van der Waals surface area (Å²) in [6, 6.07) is 0. The number of fused-ring (bicyclic) bond motifs is 5. The molecule has 0 aromatic heterocycles. The predicted molar refractivity (Wildman–Crippen MR) is 76.8 cm³/mol. The normalized spacial score (nSPS) is 45.6. The van der Waals surface area contributed by atoms with Gasteiger partial charge in [0.25, 0.3) is 0 Å². The standard InChI is InChI=1S/C17H26O3/c1-6-10-11(7-2)14(18)20-17(19)13(10)12-8-9-16(17,5)15(12,3)4/h12-13,19H,6-9H2,1-5H3. The van der Waals surface area contributed by atoms with E-state index in [9.17, 15) is 9.90 Å². The lowest BCUT2D eigenvalue weighted by Crippen LogP contribution is -2.56. The van der Waals surface area contributed by atoms with E-state index in [1.807, 2.05) is 6.92 Å². The van der Waals surface area contributed by atoms with Crippen LogP contribution in [-0.4, -0.2) is 16.9 Å². The zero-order chi connectivity index (χ0) is 14.9. The van der Waals surface area contributed by atoms with E-state index in [1.165, 1.54) is 0 Å². The first-order valence-electron chi connectivity index (χ1n) is 7.92. The van der Waals surface area contributed by atoms with Crippen molar-refractivity contribution in [3.05, 3.63) is 11.1 Å². The van der Waals surface area contributed by atoms with Crippen molar-refractivity contribution in [1.29, 1.82) is 0 Å². The Labute approximate surface area is 121 Å². The van der Waals surface area contributed by atoms with Gasteiger partial charge in [0, 0.05) is 11.0 Å². The van der Waals surface area contributed by atoms with Crippen LogP contribution in [0.1, 0.15) is 60.3 Å². The van der Waals surface area contributed by atoms with Gasteiger partial charge >= 0.3 is 5.97 Å². The third-order valence-electron chi connectivity index (χ3n) is 6.91. The molecule has 3 nitrogen and oxygen atoms in total. The molecule has 2 fully saturated rings. The van der Waals surface area contributed by atoms with Crippen molar-refractivity contribution in [3.63, 3.8) is 0 Å². The average Bonchev–Trinajstić information content (AvgIpc) is 2.67. The quantitative estimate of drug-likeness (QED) is 0.787. The van der Waals surface area contributed by atoms with Crippen molar-refractivity contribution < 1.29 is 14.6 Å². The van der Waals surface area contributed by atoms with Gasteiger partial charge in [-0.2, -0.15) is 0 Å². The van der Waals surface area contributed by atoms with Gasteiger partial charge in [-0.05, 0) is 37.0 Å². The molecule has 2 bridgehead atoms. The van der Waals surface area contributed by atoms with E-state index in [-0.39, 0.29) is 22.7 Å². The fourth-order valence-electron chi connectivity index (χ4n) is 5.36. The van der Waals surface area contributed by atoms with Crippen molar-refractivity contribution in [2.45, 2.75) is 66.1 Å². The molecular weight excluding hydrogens is 252 g/mol. The van der Waals surface area contributed by atoms with Crippen molar-refractivity contribution >= 4 is 5.97 Å². The number of carbonyl (C=O) groups excluding carboxylic acids is 1. The summed E-state index contributed by atoms with van der Waals surface area (Å²) in [5.74, 6) is -1.20. The number of carbonyl (C=O) groups is 1. The molecule has 1 aliphatic heterocycles. The Morgan fingerprint density at radius 2 is 1.90 bits per heavy atom. The lowest BCUT2D eigenvalue weighted by molar-refractivity contribution is -0.278. The Morgan fingerprint density at radius 1 is 1.25 bits per heavy atom. The maximum Gasteiger partial charge on any atom is 0.336 e. The molecule has 0 aromatic rings. The second kappa shape index (κ2) is 3.88. The highest BCUT2D eigenvalue weighted by Crippen LogP contribution is 2.74. The largest absolute Gasteiger partial charge is 0.429 e. The smallest absolute Gasteiger partial charge is 0.336 e. The molecule has 0 radical (unpaired) electrons. The second-order valence-electron chi connectivity index (χ2n) is 7.47. The fourth-order valence-corrected chi connectivity index (χ4v) is 5.36. The van der Waals surface area contributed by atoms with Gasteiger partial charge in [-0.25, -0.2) is 4.79 Å². The molecule has 0 spiro atoms. The third-order valence-corrected chi connectivity index (χ3v) is 6.91. The van der Waals surface area contributed by atoms with Crippen LogP contribution in [0.25, 0.3) is 0 Å². The van der Waals surface area contributed by atoms with E-state index in [4.69, 9.17) is 4.74 Å². The summed E-state index contributed by atoms with van der Waals surface area (Å²) in [5.41, 5.74) is 1.60. The van der Waals surface area contributed by atoms with Crippen LogP contribution >= 0.6 is 0 Å². The first-order chi connectivity index (χ1) is 9.24. The van der Waals surface area contributed by atoms with Gasteiger partial charge in [0.1, 0.15) is 0 Å². The Bertz CT molecular complexity index is 504. The molecule has 0 saturated heterocycles. The monoisotopic (exact) mass is 278 g/mol. The van der Waals surface area contributed by atoms with Crippen LogP contribution < -0.4 is 0 Å². The van der Waals surface area contributed by atoms with Crippen LogP contribution in [0.5, 0.6) is 0 Å². The first kappa shape index (κ1) is 14.1. The van der Waals surface area contributed by atoms with Crippen LogP contribution in [-0.2, 0) is 9.53 Å². The highest BCUT2D eigenvalue weighted by molar-refractivity contribution is 5.91. The number of rotatable bonds is 2. The zero-order valence-corrected chi connectivity index (χ0v) is 13.2. The summed E-state index contributed by atoms with van der Waals surface area (Å²) in [6.07, 6.45) is 3.57. The number of hydrogen-bond donors (Lipinski definition) is 1. The predicted octanol–water partition coefficient (Wildman–Crippen LogP) is 3.42. The number of esters is 1. The fraction of sp³-hybridized carbons (Fsp3) is 0.824. The topological polar surface area (TPSA) is 46.5 Å². The molecule has 0 aromatic carbocycles. The molecule has 2 saturated carbocycles. The summed E-state index contributed by atoms with van der Waals surface area (Å²) in [6.45, 7) is 10.6. The van der Waals surface area contributed by atoms with Gasteiger partial charge in [-0.15, -0.1) is 0 Å². The molecule has 4 unspecified atom stereocenters. The van der Waals surface area contributed by atoms with Crippen LogP contribution in [0.3, 0.4) is 0 Å². The molecule has 3 aliphatic rings. The molecule has 0 amide bonds. The van der Waals surface area contributed by atoms with Gasteiger partial charge in [0.2, 0.25) is 5.79 Å². The Balaban J connectivity index is 2.22. The van der Waals surface area contributed by atoms with E-state index in [2.05, 4.69) is 27.7 Å². The zero-order valence-electron chi connectivity index (χ0n) is 13.2. The van der Waals surface area contributed by atoms with E-state index in [0.717, 1.165) is 30.4 Å². The third kappa shape index (κ3) is 1.24. The molecule has 3 rings (SSSR count). The van der Waals surface area contributed by atoms with Gasteiger partial charge in [0.15, 0.2) is 0 Å². The molecule has 112 valence electrons. The molecule has 20 heavy (non-hydrogen) atoms. The van der Waals surface area contributed by atoms with Gasteiger partial charge in [-0.1, -0.05) is 40.2 Å². The highest BCUT2D eigenvalue weighted by Gasteiger charge is 2.77. The van der Waals surface area contributed by atoms with Crippen LogP contribution in [0.4, 0.5) is 0 Å². The maximum absolute atomic E-state index is 12.3. The van der Waals surface area contributed by atoms with E-state index in [1.54, 1.807) is 0 Å². The number of hydrogen-bond acceptors (Lipinski definition) is 3. The van der Waals surface area contributed by atoms with E-state index >= 15 is 0 Å². The molecule has 1 N–H and O–H groups in total. The number of ether oxygens (including phenoxy) is 1. The molecule has 1 heterocycles. The summed E-state index contributed by atoms with van der Waals surface area (Å²) < 4.78 is 5.66. The molecular formula is C17H26O3. The van der Waals surface area contributed by atoms with Crippen molar-refractivity contribution in [3.8, 4) is 0 Å². The molecule has 2 aliphatic carbocycles. The van der Waals surface area contributed by atoms with Gasteiger partial charge < -0.3 is 9.84 Å². The Morgan fingerprint density at radius 3 is 2.45 bits per heavy atom. The summed E-state index contributed by atoms with van der Waals surface area (Å²) >= 11 is 0. The highest BCUT2D eigenvalue weighted by atomic mass is 16.7. The van der Waals surface area contributed by atoms with E-state index < -0.39 is 5.79 Å². The van der Waals surface area contributed by atoms with E-state index in [0.29, 0.717) is 12.3 Å². The minimum absolute atomic E-state index is 0.00366. The summed E-state index contributed by atoms with van der Waals surface area (Å²) in [7, 11) is 0. The second-order valence-corrected chi connectivity index (χ2v) is 7.47. The van der Waals surface area contributed by atoms with Crippen molar-refractivity contribution in [2.75, 3.05) is 0 Å². The van der Waals surface area contributed by atoms with Crippen molar-refractivity contribution in [1.82, 2.24) is 0 Å². The van der Waals surface area contributed by atoms with Gasteiger partial charge in [-0.3, -0.25) is 0 Å². The first-order valence-corrected chi connectivity index (χ1v) is 7.92. The maximum atomic E-state index is 12.3. The summed E-state index contributed by atoms with van der Waals surface area (Å²) in [5, 5.41) is 11.3. The lowest BCUT2D eigenvalue weighted by atomic mass is 9.67. The number of aliphatic hydroxyl groups is 1. The SMILES string of the molecule is CCC1=C(CC)C2C3CCC(C)(C3(C)C)C2(O)OC1=O. The lowest BCUT2D eigenvalue weighted by Gasteiger charge is -2.49. The molecule has 4 atom stereocenters. The average molecular weight is 278 g/mol. The molecule has 3 heteroatoms. The Kier molecular flexibility index (Phi) is 2.74. The van der Waals surface area contributed by atoms with Crippen LogP contribution in [0, 0.1) is 22.7 Å². The van der Waals surface area contributed by atoms with Crippen molar-refractivity contribution in [2.24, 2.45) is 22.7 Å². The Hall–Kier alpha value is -0.830. The minimum atomic E-state index is -1.31. The van der Waals surface area contributed by atoms with Gasteiger partial charge in [0.05, 0.1) is 5.92 Å².